The summed E-state index contributed by atoms with van der Waals surface area (Å²) >= 11 is 0. The van der Waals surface area contributed by atoms with Crippen molar-refractivity contribution in [2.45, 2.75) is 19.8 Å². The number of ether oxygens (including phenoxy) is 1. The van der Waals surface area contributed by atoms with Gasteiger partial charge in [-0.05, 0) is 18.6 Å². The fraction of sp³-hybridized carbons (Fsp3) is 0.308. The number of carbonyl (C=O) groups is 1. The highest BCUT2D eigenvalue weighted by Gasteiger charge is 2.13. The molecule has 0 radical (unpaired) electrons. The molecule has 0 saturated carbocycles. The van der Waals surface area contributed by atoms with Gasteiger partial charge in [0.05, 0.1) is 7.11 Å². The first-order valence-electron chi connectivity index (χ1n) is 5.36. The van der Waals surface area contributed by atoms with E-state index in [4.69, 9.17) is 9.15 Å². The summed E-state index contributed by atoms with van der Waals surface area (Å²) < 4.78 is 10.7. The summed E-state index contributed by atoms with van der Waals surface area (Å²) in [6, 6.07) is 7.38. The van der Waals surface area contributed by atoms with Crippen molar-refractivity contribution in [3.63, 3.8) is 0 Å². The Bertz CT molecular complexity index is 511. The van der Waals surface area contributed by atoms with Crippen molar-refractivity contribution in [1.29, 1.82) is 0 Å². The van der Waals surface area contributed by atoms with E-state index in [9.17, 15) is 4.79 Å². The lowest BCUT2D eigenvalue weighted by molar-refractivity contribution is 0.0957. The highest BCUT2D eigenvalue weighted by atomic mass is 16.5. The van der Waals surface area contributed by atoms with Crippen LogP contribution in [0.2, 0.25) is 0 Å². The van der Waals surface area contributed by atoms with Gasteiger partial charge < -0.3 is 9.15 Å². The summed E-state index contributed by atoms with van der Waals surface area (Å²) in [5, 5.41) is 0.902. The van der Waals surface area contributed by atoms with Crippen molar-refractivity contribution in [2.24, 2.45) is 0 Å². The molecule has 0 bridgehead atoms. The van der Waals surface area contributed by atoms with Crippen molar-refractivity contribution in [2.75, 3.05) is 7.11 Å². The summed E-state index contributed by atoms with van der Waals surface area (Å²) in [5.41, 5.74) is 0.643. The summed E-state index contributed by atoms with van der Waals surface area (Å²) in [5.74, 6) is 1.12. The molecular weight excluding hydrogens is 204 g/mol. The molecule has 1 heterocycles. The zero-order chi connectivity index (χ0) is 11.5. The van der Waals surface area contributed by atoms with Gasteiger partial charge in [-0.15, -0.1) is 0 Å². The smallest absolute Gasteiger partial charge is 0.198 e. The molecule has 0 spiro atoms. The molecule has 0 unspecified atom stereocenters. The number of methoxy groups -OCH3 is 1. The van der Waals surface area contributed by atoms with Crippen LogP contribution in [0.4, 0.5) is 0 Å². The minimum Gasteiger partial charge on any atom is -0.493 e. The van der Waals surface area contributed by atoms with Crippen LogP contribution in [0, 0.1) is 0 Å². The van der Waals surface area contributed by atoms with Crippen molar-refractivity contribution < 1.29 is 13.9 Å². The number of carbonyl (C=O) groups excluding carboxylic acids is 1. The van der Waals surface area contributed by atoms with Crippen molar-refractivity contribution in [3.8, 4) is 5.75 Å². The highest BCUT2D eigenvalue weighted by molar-refractivity contribution is 5.98. The Morgan fingerprint density at radius 2 is 2.25 bits per heavy atom. The van der Waals surface area contributed by atoms with Crippen LogP contribution < -0.4 is 4.74 Å². The van der Waals surface area contributed by atoms with Crippen LogP contribution in [0.25, 0.3) is 11.0 Å². The standard InChI is InChI=1S/C13H14O3/c1-3-5-10(14)12-8-9-6-4-7-11(15-2)13(9)16-12/h4,6-8H,3,5H2,1-2H3. The Labute approximate surface area is 94.0 Å². The monoisotopic (exact) mass is 218 g/mol. The van der Waals surface area contributed by atoms with Gasteiger partial charge in [0.15, 0.2) is 22.9 Å². The van der Waals surface area contributed by atoms with Crippen molar-refractivity contribution in [1.82, 2.24) is 0 Å². The number of fused-ring (bicyclic) bond motifs is 1. The van der Waals surface area contributed by atoms with E-state index < -0.39 is 0 Å². The molecule has 3 nitrogen and oxygen atoms in total. The third-order valence-corrected chi connectivity index (χ3v) is 2.48. The topological polar surface area (TPSA) is 39.4 Å². The fourth-order valence-electron chi connectivity index (χ4n) is 1.68. The number of hydrogen-bond donors (Lipinski definition) is 0. The lowest BCUT2D eigenvalue weighted by atomic mass is 10.2. The van der Waals surface area contributed by atoms with Gasteiger partial charge in [0.2, 0.25) is 0 Å². The van der Waals surface area contributed by atoms with Gasteiger partial charge in [0.25, 0.3) is 0 Å². The second kappa shape index (κ2) is 4.39. The Hall–Kier alpha value is -1.77. The second-order valence-electron chi connectivity index (χ2n) is 3.66. The van der Waals surface area contributed by atoms with Crippen LogP contribution in [0.3, 0.4) is 0 Å². The lowest BCUT2D eigenvalue weighted by Gasteiger charge is -1.98. The maximum absolute atomic E-state index is 11.7. The summed E-state index contributed by atoms with van der Waals surface area (Å²) in [7, 11) is 1.59. The molecule has 2 rings (SSSR count). The largest absolute Gasteiger partial charge is 0.493 e. The molecule has 0 amide bonds. The van der Waals surface area contributed by atoms with E-state index in [0.29, 0.717) is 23.5 Å². The third kappa shape index (κ3) is 1.81. The van der Waals surface area contributed by atoms with Gasteiger partial charge in [-0.2, -0.15) is 0 Å². The minimum atomic E-state index is 0.0424. The van der Waals surface area contributed by atoms with Crippen LogP contribution >= 0.6 is 0 Å². The lowest BCUT2D eigenvalue weighted by Crippen LogP contribution is -1.94. The van der Waals surface area contributed by atoms with E-state index in [1.165, 1.54) is 0 Å². The summed E-state index contributed by atoms with van der Waals surface area (Å²) in [6.45, 7) is 1.97. The quantitative estimate of drug-likeness (QED) is 0.738. The zero-order valence-corrected chi connectivity index (χ0v) is 9.45. The van der Waals surface area contributed by atoms with Crippen molar-refractivity contribution >= 4 is 16.8 Å². The molecule has 0 aliphatic rings. The van der Waals surface area contributed by atoms with E-state index in [-0.39, 0.29) is 5.78 Å². The van der Waals surface area contributed by atoms with Crippen LogP contribution in [-0.2, 0) is 0 Å². The Balaban J connectivity index is 2.47. The molecule has 0 aliphatic carbocycles. The highest BCUT2D eigenvalue weighted by Crippen LogP contribution is 2.28. The Kier molecular flexibility index (Phi) is 2.95. The number of rotatable bonds is 4. The van der Waals surface area contributed by atoms with E-state index >= 15 is 0 Å². The molecule has 0 atom stereocenters. The van der Waals surface area contributed by atoms with Gasteiger partial charge in [-0.25, -0.2) is 0 Å². The SMILES string of the molecule is CCCC(=O)c1cc2cccc(OC)c2o1. The first-order chi connectivity index (χ1) is 7.76. The van der Waals surface area contributed by atoms with Crippen LogP contribution in [-0.4, -0.2) is 12.9 Å². The average Bonchev–Trinajstić information content (AvgIpc) is 2.72. The molecule has 84 valence electrons. The van der Waals surface area contributed by atoms with E-state index in [0.717, 1.165) is 11.8 Å². The zero-order valence-electron chi connectivity index (χ0n) is 9.45. The molecular formula is C13H14O3. The minimum absolute atomic E-state index is 0.0424. The third-order valence-electron chi connectivity index (χ3n) is 2.48. The number of ketones is 1. The number of furan rings is 1. The molecule has 1 aromatic heterocycles. The number of benzene rings is 1. The Morgan fingerprint density at radius 1 is 1.44 bits per heavy atom. The average molecular weight is 218 g/mol. The number of hydrogen-bond acceptors (Lipinski definition) is 3. The number of para-hydroxylation sites is 1. The predicted octanol–water partition coefficient (Wildman–Crippen LogP) is 3.42. The molecule has 1 aromatic carbocycles. The maximum atomic E-state index is 11.7. The van der Waals surface area contributed by atoms with Gasteiger partial charge in [0.1, 0.15) is 0 Å². The van der Waals surface area contributed by atoms with E-state index in [1.54, 1.807) is 13.2 Å². The van der Waals surface area contributed by atoms with Crippen LogP contribution in [0.15, 0.2) is 28.7 Å². The molecule has 16 heavy (non-hydrogen) atoms. The van der Waals surface area contributed by atoms with Gasteiger partial charge in [-0.3, -0.25) is 4.79 Å². The molecule has 0 N–H and O–H groups in total. The Morgan fingerprint density at radius 3 is 2.94 bits per heavy atom. The first-order valence-corrected chi connectivity index (χ1v) is 5.36. The summed E-state index contributed by atoms with van der Waals surface area (Å²) in [6.07, 6.45) is 1.34. The molecule has 0 fully saturated rings. The van der Waals surface area contributed by atoms with Crippen LogP contribution in [0.5, 0.6) is 5.75 Å². The predicted molar refractivity (Wildman–Crippen MR) is 62.0 cm³/mol. The van der Waals surface area contributed by atoms with Gasteiger partial charge in [0, 0.05) is 11.8 Å². The number of Topliss-reactive ketones (excluding diaryl/α,β-unsaturated/α-hetero) is 1. The van der Waals surface area contributed by atoms with Gasteiger partial charge in [-0.1, -0.05) is 19.1 Å². The molecule has 2 aromatic rings. The molecule has 3 heteroatoms. The summed E-state index contributed by atoms with van der Waals surface area (Å²) in [4.78, 5) is 11.7. The second-order valence-corrected chi connectivity index (χ2v) is 3.66. The maximum Gasteiger partial charge on any atom is 0.198 e. The van der Waals surface area contributed by atoms with Gasteiger partial charge >= 0.3 is 0 Å². The normalized spacial score (nSPS) is 10.6. The van der Waals surface area contributed by atoms with Crippen LogP contribution in [0.1, 0.15) is 30.3 Å². The molecule has 0 saturated heterocycles. The van der Waals surface area contributed by atoms with E-state index in [2.05, 4.69) is 0 Å². The van der Waals surface area contributed by atoms with E-state index in [1.807, 2.05) is 25.1 Å². The van der Waals surface area contributed by atoms with Crippen molar-refractivity contribution in [3.05, 3.63) is 30.0 Å². The molecule has 0 aliphatic heterocycles. The fourth-order valence-corrected chi connectivity index (χ4v) is 1.68. The first kappa shape index (κ1) is 10.7.